The summed E-state index contributed by atoms with van der Waals surface area (Å²) in [6.07, 6.45) is 1.91. The summed E-state index contributed by atoms with van der Waals surface area (Å²) in [7, 11) is 0. The molecule has 5 heteroatoms. The van der Waals surface area contributed by atoms with Crippen LogP contribution in [0.5, 0.6) is 5.75 Å². The largest absolute Gasteiger partial charge is 0.512 e. The zero-order valence-corrected chi connectivity index (χ0v) is 17.4. The molecule has 2 aromatic carbocycles. The molecular formula is C24H29NO4. The molecule has 154 valence electrons. The molecule has 0 spiro atoms. The first-order valence-corrected chi connectivity index (χ1v) is 9.67. The van der Waals surface area contributed by atoms with E-state index in [1.165, 1.54) is 0 Å². The van der Waals surface area contributed by atoms with Gasteiger partial charge in [-0.25, -0.2) is 0 Å². The topological polar surface area (TPSA) is 81.8 Å². The number of benzene rings is 2. The lowest BCUT2D eigenvalue weighted by atomic mass is 9.99. The lowest BCUT2D eigenvalue weighted by Crippen LogP contribution is -2.08. The Kier molecular flexibility index (Phi) is 8.04. The van der Waals surface area contributed by atoms with E-state index in [9.17, 15) is 9.90 Å². The number of carbonyl (C=O) groups is 1. The van der Waals surface area contributed by atoms with Crippen LogP contribution < -0.4 is 10.5 Å². The Balaban J connectivity index is 2.29. The van der Waals surface area contributed by atoms with Gasteiger partial charge in [0.1, 0.15) is 11.5 Å². The molecule has 0 radical (unpaired) electrons. The van der Waals surface area contributed by atoms with Gasteiger partial charge >= 0.3 is 5.97 Å². The quantitative estimate of drug-likeness (QED) is 0.370. The van der Waals surface area contributed by atoms with E-state index < -0.39 is 0 Å². The van der Waals surface area contributed by atoms with Crippen molar-refractivity contribution in [3.05, 3.63) is 82.8 Å². The molecule has 1 atom stereocenters. The highest BCUT2D eigenvalue weighted by Crippen LogP contribution is 2.26. The molecule has 5 nitrogen and oxygen atoms in total. The van der Waals surface area contributed by atoms with E-state index >= 15 is 0 Å². The van der Waals surface area contributed by atoms with E-state index in [-0.39, 0.29) is 24.2 Å². The third kappa shape index (κ3) is 6.50. The van der Waals surface area contributed by atoms with Gasteiger partial charge in [0.25, 0.3) is 0 Å². The molecule has 29 heavy (non-hydrogen) atoms. The first-order chi connectivity index (χ1) is 13.8. The molecule has 0 aliphatic rings. The molecule has 0 aliphatic carbocycles. The van der Waals surface area contributed by atoms with Crippen molar-refractivity contribution < 1.29 is 19.4 Å². The molecule has 0 unspecified atom stereocenters. The standard InChI is InChI=1S/C24H29NO4/c1-5-28-24(27)15-21-9-6-7-12-23(21)29-16(2)13-22(18(4)26)20-11-8-10-19(14-20)17(3)25/h6-14,17,26H,5,15,25H2,1-4H3/b16-13+,22-18-/t17-/m1/s1. The second kappa shape index (κ2) is 10.5. The van der Waals surface area contributed by atoms with Crippen molar-refractivity contribution in [2.75, 3.05) is 6.61 Å². The maximum atomic E-state index is 11.8. The van der Waals surface area contributed by atoms with Crippen LogP contribution in [0.1, 0.15) is 50.4 Å². The Morgan fingerprint density at radius 2 is 1.90 bits per heavy atom. The highest BCUT2D eigenvalue weighted by atomic mass is 16.5. The monoisotopic (exact) mass is 395 g/mol. The number of carbonyl (C=O) groups excluding carboxylic acids is 1. The zero-order chi connectivity index (χ0) is 21.4. The maximum absolute atomic E-state index is 11.8. The first kappa shape index (κ1) is 22.2. The Bertz CT molecular complexity index is 909. The zero-order valence-electron chi connectivity index (χ0n) is 17.4. The number of aliphatic hydroxyl groups is 1. The minimum Gasteiger partial charge on any atom is -0.512 e. The summed E-state index contributed by atoms with van der Waals surface area (Å²) in [6, 6.07) is 15.0. The molecule has 2 rings (SSSR count). The van der Waals surface area contributed by atoms with Crippen molar-refractivity contribution in [1.29, 1.82) is 0 Å². The van der Waals surface area contributed by atoms with E-state index in [4.69, 9.17) is 15.2 Å². The fraction of sp³-hybridized carbons (Fsp3) is 0.292. The van der Waals surface area contributed by atoms with Crippen LogP contribution in [-0.2, 0) is 16.0 Å². The Morgan fingerprint density at radius 1 is 1.17 bits per heavy atom. The van der Waals surface area contributed by atoms with Gasteiger partial charge in [0.05, 0.1) is 18.8 Å². The molecule has 0 aliphatic heterocycles. The van der Waals surface area contributed by atoms with Gasteiger partial charge in [0.15, 0.2) is 0 Å². The second-order valence-electron chi connectivity index (χ2n) is 6.86. The third-order valence-electron chi connectivity index (χ3n) is 4.34. The number of rotatable bonds is 8. The summed E-state index contributed by atoms with van der Waals surface area (Å²) in [6.45, 7) is 7.47. The van der Waals surface area contributed by atoms with E-state index in [0.29, 0.717) is 23.7 Å². The average molecular weight is 395 g/mol. The first-order valence-electron chi connectivity index (χ1n) is 9.67. The van der Waals surface area contributed by atoms with Crippen LogP contribution in [0.25, 0.3) is 5.57 Å². The molecule has 0 fully saturated rings. The van der Waals surface area contributed by atoms with E-state index in [2.05, 4.69) is 0 Å². The van der Waals surface area contributed by atoms with Crippen LogP contribution in [-0.4, -0.2) is 17.7 Å². The van der Waals surface area contributed by atoms with Crippen molar-refractivity contribution in [3.8, 4) is 5.75 Å². The van der Waals surface area contributed by atoms with Gasteiger partial charge in [-0.05, 0) is 57.0 Å². The van der Waals surface area contributed by atoms with E-state index in [1.807, 2.05) is 49.4 Å². The summed E-state index contributed by atoms with van der Waals surface area (Å²) in [4.78, 5) is 11.8. The highest BCUT2D eigenvalue weighted by molar-refractivity contribution is 5.76. The van der Waals surface area contributed by atoms with Gasteiger partial charge in [0, 0.05) is 17.2 Å². The fourth-order valence-electron chi connectivity index (χ4n) is 2.91. The predicted molar refractivity (Wildman–Crippen MR) is 115 cm³/mol. The van der Waals surface area contributed by atoms with Crippen molar-refractivity contribution >= 4 is 11.5 Å². The van der Waals surface area contributed by atoms with Gasteiger partial charge in [-0.1, -0.05) is 36.4 Å². The maximum Gasteiger partial charge on any atom is 0.310 e. The summed E-state index contributed by atoms with van der Waals surface area (Å²) < 4.78 is 11.0. The molecular weight excluding hydrogens is 366 g/mol. The van der Waals surface area contributed by atoms with Gasteiger partial charge < -0.3 is 20.3 Å². The molecule has 2 aromatic rings. The van der Waals surface area contributed by atoms with Crippen molar-refractivity contribution in [3.63, 3.8) is 0 Å². The smallest absolute Gasteiger partial charge is 0.310 e. The molecule has 0 aromatic heterocycles. The lowest BCUT2D eigenvalue weighted by molar-refractivity contribution is -0.142. The van der Waals surface area contributed by atoms with E-state index in [0.717, 1.165) is 16.7 Å². The van der Waals surface area contributed by atoms with Crippen LogP contribution >= 0.6 is 0 Å². The van der Waals surface area contributed by atoms with Crippen molar-refractivity contribution in [2.24, 2.45) is 5.73 Å². The van der Waals surface area contributed by atoms with Gasteiger partial charge in [-0.15, -0.1) is 0 Å². The number of allylic oxidation sites excluding steroid dienone is 4. The highest BCUT2D eigenvalue weighted by Gasteiger charge is 2.12. The van der Waals surface area contributed by atoms with Gasteiger partial charge in [0.2, 0.25) is 0 Å². The number of hydrogen-bond acceptors (Lipinski definition) is 5. The van der Waals surface area contributed by atoms with Gasteiger partial charge in [-0.2, -0.15) is 0 Å². The molecule has 0 saturated carbocycles. The number of hydrogen-bond donors (Lipinski definition) is 2. The average Bonchev–Trinajstić information content (AvgIpc) is 2.67. The van der Waals surface area contributed by atoms with Crippen molar-refractivity contribution in [1.82, 2.24) is 0 Å². The molecule has 3 N–H and O–H groups in total. The Hall–Kier alpha value is -3.05. The fourth-order valence-corrected chi connectivity index (χ4v) is 2.91. The van der Waals surface area contributed by atoms with Crippen LogP contribution in [0.3, 0.4) is 0 Å². The van der Waals surface area contributed by atoms with Crippen LogP contribution in [0.2, 0.25) is 0 Å². The van der Waals surface area contributed by atoms with Crippen LogP contribution in [0.15, 0.2) is 66.1 Å². The summed E-state index contributed by atoms with van der Waals surface area (Å²) in [5.41, 5.74) is 9.20. The van der Waals surface area contributed by atoms with Crippen LogP contribution in [0, 0.1) is 0 Å². The number of aliphatic hydroxyl groups excluding tert-OH is 1. The third-order valence-corrected chi connectivity index (χ3v) is 4.34. The molecule has 0 saturated heterocycles. The number of ether oxygens (including phenoxy) is 2. The number of nitrogens with two attached hydrogens (primary N) is 1. The van der Waals surface area contributed by atoms with Crippen LogP contribution in [0.4, 0.5) is 0 Å². The SMILES string of the molecule is CCOC(=O)Cc1ccccc1O/C(C)=C/C(=C(\C)O)c1cccc([C@@H](C)N)c1. The molecule has 0 amide bonds. The summed E-state index contributed by atoms with van der Waals surface area (Å²) in [5, 5.41) is 10.2. The minimum absolute atomic E-state index is 0.105. The van der Waals surface area contributed by atoms with Crippen molar-refractivity contribution in [2.45, 2.75) is 40.2 Å². The normalized spacial score (nSPS) is 13.5. The molecule has 0 bridgehead atoms. The minimum atomic E-state index is -0.301. The lowest BCUT2D eigenvalue weighted by Gasteiger charge is -2.13. The Labute approximate surface area is 172 Å². The molecule has 0 heterocycles. The summed E-state index contributed by atoms with van der Waals surface area (Å²) in [5.74, 6) is 1.03. The predicted octanol–water partition coefficient (Wildman–Crippen LogP) is 5.08. The number of esters is 1. The number of para-hydroxylation sites is 1. The summed E-state index contributed by atoms with van der Waals surface area (Å²) >= 11 is 0. The Morgan fingerprint density at radius 3 is 2.55 bits per heavy atom. The van der Waals surface area contributed by atoms with Gasteiger partial charge in [-0.3, -0.25) is 4.79 Å². The van der Waals surface area contributed by atoms with E-state index in [1.54, 1.807) is 32.9 Å². The second-order valence-corrected chi connectivity index (χ2v) is 6.86.